The van der Waals surface area contributed by atoms with Crippen LogP contribution in [0.1, 0.15) is 57.1 Å². The van der Waals surface area contributed by atoms with Crippen molar-refractivity contribution in [3.8, 4) is 0 Å². The molecule has 0 radical (unpaired) electrons. The molecule has 1 rings (SSSR count). The van der Waals surface area contributed by atoms with Gasteiger partial charge in [-0.1, -0.05) is 69.4 Å². The molecule has 0 amide bonds. The molecule has 0 aromatic heterocycles. The van der Waals surface area contributed by atoms with Gasteiger partial charge in [0.25, 0.3) is 0 Å². The second kappa shape index (κ2) is 10.7. The third-order valence-corrected chi connectivity index (χ3v) is 4.16. The fourth-order valence-corrected chi connectivity index (χ4v) is 2.68. The third-order valence-electron chi connectivity index (χ3n) is 3.28. The highest BCUT2D eigenvalue weighted by Crippen LogP contribution is 2.14. The van der Waals surface area contributed by atoms with Gasteiger partial charge in [-0.2, -0.15) is 8.42 Å². The van der Waals surface area contributed by atoms with E-state index in [1.54, 1.807) is 24.3 Å². The van der Waals surface area contributed by atoms with Crippen molar-refractivity contribution in [1.29, 1.82) is 0 Å². The standard InChI is InChI=1S/C16H26O5S/c1-2-3-4-5-6-10-13-20-22(18,19)21-14-16(17)15-11-8-7-9-12-15/h7-9,11-12,16-17H,2-6,10,13-14H2,1H3. The molecule has 126 valence electrons. The van der Waals surface area contributed by atoms with Crippen LogP contribution in [-0.4, -0.2) is 26.7 Å². The Morgan fingerprint density at radius 1 is 1.00 bits per heavy atom. The molecular formula is C16H26O5S. The van der Waals surface area contributed by atoms with Gasteiger partial charge in [-0.25, -0.2) is 8.37 Å². The molecule has 0 aliphatic rings. The summed E-state index contributed by atoms with van der Waals surface area (Å²) < 4.78 is 32.5. The molecule has 5 nitrogen and oxygen atoms in total. The first kappa shape index (κ1) is 19.1. The van der Waals surface area contributed by atoms with E-state index in [2.05, 4.69) is 6.92 Å². The van der Waals surface area contributed by atoms with Gasteiger partial charge in [0, 0.05) is 0 Å². The van der Waals surface area contributed by atoms with Crippen molar-refractivity contribution < 1.29 is 21.9 Å². The molecule has 1 aromatic carbocycles. The Morgan fingerprint density at radius 3 is 2.32 bits per heavy atom. The van der Waals surface area contributed by atoms with Gasteiger partial charge in [0.2, 0.25) is 0 Å². The van der Waals surface area contributed by atoms with Crippen molar-refractivity contribution in [2.45, 2.75) is 51.6 Å². The van der Waals surface area contributed by atoms with Gasteiger partial charge in [0.15, 0.2) is 0 Å². The number of aliphatic hydroxyl groups is 1. The molecule has 0 spiro atoms. The van der Waals surface area contributed by atoms with Crippen LogP contribution in [0.5, 0.6) is 0 Å². The lowest BCUT2D eigenvalue weighted by Gasteiger charge is -2.11. The Balaban J connectivity index is 2.18. The largest absolute Gasteiger partial charge is 0.399 e. The second-order valence-electron chi connectivity index (χ2n) is 5.21. The lowest BCUT2D eigenvalue weighted by atomic mass is 10.1. The topological polar surface area (TPSA) is 72.8 Å². The van der Waals surface area contributed by atoms with Crippen molar-refractivity contribution in [3.05, 3.63) is 35.9 Å². The van der Waals surface area contributed by atoms with Crippen molar-refractivity contribution in [2.75, 3.05) is 13.2 Å². The third kappa shape index (κ3) is 8.48. The zero-order valence-electron chi connectivity index (χ0n) is 13.1. The molecule has 0 saturated carbocycles. The van der Waals surface area contributed by atoms with E-state index in [0.717, 1.165) is 12.8 Å². The summed E-state index contributed by atoms with van der Waals surface area (Å²) in [4.78, 5) is 0. The number of rotatable bonds is 12. The van der Waals surface area contributed by atoms with Crippen LogP contribution >= 0.6 is 0 Å². The summed E-state index contributed by atoms with van der Waals surface area (Å²) in [5.41, 5.74) is 0.605. The van der Waals surface area contributed by atoms with Crippen LogP contribution in [0.2, 0.25) is 0 Å². The molecule has 1 aromatic rings. The van der Waals surface area contributed by atoms with E-state index in [-0.39, 0.29) is 13.2 Å². The van der Waals surface area contributed by atoms with Crippen LogP contribution in [0.4, 0.5) is 0 Å². The molecule has 1 unspecified atom stereocenters. The van der Waals surface area contributed by atoms with Gasteiger partial charge in [-0.15, -0.1) is 0 Å². The summed E-state index contributed by atoms with van der Waals surface area (Å²) in [5.74, 6) is 0. The molecule has 0 heterocycles. The average molecular weight is 330 g/mol. The van der Waals surface area contributed by atoms with E-state index >= 15 is 0 Å². The molecule has 0 aliphatic carbocycles. The first-order valence-electron chi connectivity index (χ1n) is 7.82. The average Bonchev–Trinajstić information content (AvgIpc) is 2.52. The zero-order valence-corrected chi connectivity index (χ0v) is 13.9. The highest BCUT2D eigenvalue weighted by Gasteiger charge is 2.16. The van der Waals surface area contributed by atoms with Crippen LogP contribution in [0.25, 0.3) is 0 Å². The Morgan fingerprint density at radius 2 is 1.64 bits per heavy atom. The monoisotopic (exact) mass is 330 g/mol. The lowest BCUT2D eigenvalue weighted by molar-refractivity contribution is 0.0964. The molecule has 22 heavy (non-hydrogen) atoms. The summed E-state index contributed by atoms with van der Waals surface area (Å²) in [5, 5.41) is 9.83. The van der Waals surface area contributed by atoms with Crippen LogP contribution in [0, 0.1) is 0 Å². The van der Waals surface area contributed by atoms with E-state index in [1.165, 1.54) is 19.3 Å². The maximum atomic E-state index is 11.5. The summed E-state index contributed by atoms with van der Waals surface area (Å²) in [6.45, 7) is 1.93. The van der Waals surface area contributed by atoms with Crippen LogP contribution in [-0.2, 0) is 18.8 Å². The molecule has 1 atom stereocenters. The minimum Gasteiger partial charge on any atom is -0.386 e. The predicted molar refractivity (Wildman–Crippen MR) is 85.6 cm³/mol. The normalized spacial score (nSPS) is 13.2. The zero-order chi connectivity index (χ0) is 16.3. The Hall–Kier alpha value is -0.950. The molecule has 0 aliphatic heterocycles. The molecule has 0 saturated heterocycles. The van der Waals surface area contributed by atoms with Gasteiger partial charge in [0.1, 0.15) is 6.10 Å². The van der Waals surface area contributed by atoms with Crippen LogP contribution in [0.3, 0.4) is 0 Å². The fraction of sp³-hybridized carbons (Fsp3) is 0.625. The number of benzene rings is 1. The summed E-state index contributed by atoms with van der Waals surface area (Å²) in [6, 6.07) is 8.76. The summed E-state index contributed by atoms with van der Waals surface area (Å²) >= 11 is 0. The molecular weight excluding hydrogens is 304 g/mol. The molecule has 1 N–H and O–H groups in total. The lowest BCUT2D eigenvalue weighted by Crippen LogP contribution is -2.16. The Kier molecular flexibility index (Phi) is 9.31. The van der Waals surface area contributed by atoms with Gasteiger partial charge >= 0.3 is 10.4 Å². The van der Waals surface area contributed by atoms with E-state index in [1.807, 2.05) is 6.07 Å². The Bertz CT molecular complexity index is 487. The second-order valence-corrected chi connectivity index (χ2v) is 6.50. The maximum absolute atomic E-state index is 11.5. The van der Waals surface area contributed by atoms with Crippen LogP contribution in [0.15, 0.2) is 30.3 Å². The van der Waals surface area contributed by atoms with E-state index in [9.17, 15) is 13.5 Å². The van der Waals surface area contributed by atoms with Crippen molar-refractivity contribution in [2.24, 2.45) is 0 Å². The van der Waals surface area contributed by atoms with E-state index in [0.29, 0.717) is 12.0 Å². The van der Waals surface area contributed by atoms with Gasteiger partial charge in [-0.3, -0.25) is 0 Å². The molecule has 6 heteroatoms. The number of hydrogen-bond donors (Lipinski definition) is 1. The van der Waals surface area contributed by atoms with Gasteiger partial charge < -0.3 is 5.11 Å². The van der Waals surface area contributed by atoms with E-state index in [4.69, 9.17) is 8.37 Å². The number of unbranched alkanes of at least 4 members (excludes halogenated alkanes) is 5. The van der Waals surface area contributed by atoms with Gasteiger partial charge in [-0.05, 0) is 12.0 Å². The Labute approximate surface area is 133 Å². The quantitative estimate of drug-likeness (QED) is 0.595. The molecule has 0 fully saturated rings. The first-order valence-corrected chi connectivity index (χ1v) is 9.15. The fourth-order valence-electron chi connectivity index (χ4n) is 2.00. The first-order chi connectivity index (χ1) is 10.5. The van der Waals surface area contributed by atoms with Crippen molar-refractivity contribution in [3.63, 3.8) is 0 Å². The maximum Gasteiger partial charge on any atom is 0.399 e. The summed E-state index contributed by atoms with van der Waals surface area (Å²) in [6.07, 6.45) is 5.29. The highest BCUT2D eigenvalue weighted by molar-refractivity contribution is 7.81. The predicted octanol–water partition coefficient (Wildman–Crippen LogP) is 3.36. The number of hydrogen-bond acceptors (Lipinski definition) is 5. The number of aliphatic hydroxyl groups excluding tert-OH is 1. The SMILES string of the molecule is CCCCCCCCOS(=O)(=O)OCC(O)c1ccccc1. The minimum absolute atomic E-state index is 0.121. The van der Waals surface area contributed by atoms with Crippen LogP contribution < -0.4 is 0 Å². The van der Waals surface area contributed by atoms with Crippen molar-refractivity contribution >= 4 is 10.4 Å². The minimum atomic E-state index is -4.04. The smallest absolute Gasteiger partial charge is 0.386 e. The van der Waals surface area contributed by atoms with Gasteiger partial charge in [0.05, 0.1) is 13.2 Å². The summed E-state index contributed by atoms with van der Waals surface area (Å²) in [7, 11) is -4.04. The van der Waals surface area contributed by atoms with E-state index < -0.39 is 16.5 Å². The molecule has 0 bridgehead atoms. The van der Waals surface area contributed by atoms with Crippen molar-refractivity contribution in [1.82, 2.24) is 0 Å². The highest BCUT2D eigenvalue weighted by atomic mass is 32.3.